The third-order valence-electron chi connectivity index (χ3n) is 12.3. The number of carbonyl (C=O) groups is 2. The molecule has 4 aliphatic carbocycles. The van der Waals surface area contributed by atoms with Crippen molar-refractivity contribution in [2.75, 3.05) is 0 Å². The van der Waals surface area contributed by atoms with Crippen LogP contribution in [0.1, 0.15) is 72.6 Å². The number of hydrogen-bond donors (Lipinski definition) is 0. The first-order chi connectivity index (χ1) is 19.0. The van der Waals surface area contributed by atoms with Crippen molar-refractivity contribution in [3.8, 4) is 5.69 Å². The first-order valence-electron chi connectivity index (χ1n) is 14.9. The third-order valence-corrected chi connectivity index (χ3v) is 12.3. The number of carbonyl (C=O) groups excluding carboxylic acids is 2. The van der Waals surface area contributed by atoms with Crippen molar-refractivity contribution in [3.05, 3.63) is 63.5 Å². The van der Waals surface area contributed by atoms with Gasteiger partial charge in [0, 0.05) is 24.7 Å². The van der Waals surface area contributed by atoms with Gasteiger partial charge < -0.3 is 9.53 Å². The van der Waals surface area contributed by atoms with Crippen LogP contribution in [0.5, 0.6) is 0 Å². The molecule has 1 aromatic heterocycles. The Bertz CT molecular complexity index is 1550. The van der Waals surface area contributed by atoms with Crippen molar-refractivity contribution in [1.82, 2.24) is 13.9 Å². The number of aldehydes is 1. The van der Waals surface area contributed by atoms with Crippen LogP contribution in [-0.2, 0) is 25.4 Å². The molecular weight excluding hydrogens is 506 g/mol. The minimum absolute atomic E-state index is 0.0548. The maximum Gasteiger partial charge on any atom is 0.352 e. The van der Waals surface area contributed by atoms with E-state index in [9.17, 15) is 19.2 Å². The molecule has 1 aromatic carbocycles. The SMILES string of the molecule is CC(=O)O[C@H]1CC[C@]2(C)[C@H]3CC[C@]4(C)[C@@H]([C@H](C)C=O)CC[C@H]4[C@@]34C=C[C@]2(C1)n1c(=O)n(-c2ccccc2)c(=O)n14. The Hall–Kier alpha value is -3.16. The molecule has 8 rings (SSSR count). The minimum Gasteiger partial charge on any atom is -0.462 e. The largest absolute Gasteiger partial charge is 0.462 e. The van der Waals surface area contributed by atoms with Gasteiger partial charge in [-0.15, -0.1) is 0 Å². The maximum atomic E-state index is 14.6. The highest BCUT2D eigenvalue weighted by atomic mass is 16.5. The van der Waals surface area contributed by atoms with Crippen LogP contribution in [0.25, 0.3) is 5.69 Å². The fraction of sp³-hybridized carbons (Fsp3) is 0.625. The van der Waals surface area contributed by atoms with E-state index in [0.29, 0.717) is 12.1 Å². The van der Waals surface area contributed by atoms with E-state index in [0.717, 1.165) is 44.8 Å². The summed E-state index contributed by atoms with van der Waals surface area (Å²) in [5, 5.41) is 0. The summed E-state index contributed by atoms with van der Waals surface area (Å²) in [5.74, 6) is 0.137. The maximum absolute atomic E-state index is 14.6. The molecule has 3 saturated carbocycles. The van der Waals surface area contributed by atoms with Gasteiger partial charge in [0.15, 0.2) is 0 Å². The van der Waals surface area contributed by atoms with Crippen LogP contribution in [-0.4, -0.2) is 32.3 Å². The zero-order valence-electron chi connectivity index (χ0n) is 23.8. The lowest BCUT2D eigenvalue weighted by Crippen LogP contribution is -2.76. The Labute approximate surface area is 234 Å². The van der Waals surface area contributed by atoms with Gasteiger partial charge in [-0.2, -0.15) is 0 Å². The van der Waals surface area contributed by atoms with Crippen molar-refractivity contribution in [1.29, 1.82) is 0 Å². The average molecular weight is 546 g/mol. The van der Waals surface area contributed by atoms with Crippen LogP contribution in [0.4, 0.5) is 0 Å². The molecule has 8 heteroatoms. The van der Waals surface area contributed by atoms with Gasteiger partial charge in [-0.25, -0.2) is 23.5 Å². The number of nitrogens with zero attached hydrogens (tertiary/aromatic N) is 3. The highest BCUT2D eigenvalue weighted by Crippen LogP contribution is 2.73. The molecule has 40 heavy (non-hydrogen) atoms. The van der Waals surface area contributed by atoms with Gasteiger partial charge >= 0.3 is 17.3 Å². The molecule has 0 unspecified atom stereocenters. The minimum atomic E-state index is -0.782. The molecule has 0 amide bonds. The molecule has 3 heterocycles. The third kappa shape index (κ3) is 2.82. The molecule has 2 aliphatic heterocycles. The molecule has 3 fully saturated rings. The number of esters is 1. The van der Waals surface area contributed by atoms with E-state index in [4.69, 9.17) is 4.74 Å². The molecule has 0 saturated heterocycles. The molecule has 212 valence electrons. The summed E-state index contributed by atoms with van der Waals surface area (Å²) in [7, 11) is 0. The molecule has 2 aromatic rings. The second kappa shape index (κ2) is 8.20. The molecule has 2 spiro atoms. The van der Waals surface area contributed by atoms with Crippen LogP contribution in [0.3, 0.4) is 0 Å². The lowest BCUT2D eigenvalue weighted by atomic mass is 9.40. The molecule has 2 bridgehead atoms. The lowest BCUT2D eigenvalue weighted by Gasteiger charge is -2.71. The van der Waals surface area contributed by atoms with Gasteiger partial charge in [-0.05, 0) is 73.8 Å². The highest BCUT2D eigenvalue weighted by molar-refractivity contribution is 5.66. The van der Waals surface area contributed by atoms with Crippen LogP contribution < -0.4 is 11.4 Å². The molecule has 9 atom stereocenters. The molecule has 0 N–H and O–H groups in total. The number of para-hydroxylation sites is 1. The highest BCUT2D eigenvalue weighted by Gasteiger charge is 2.75. The predicted molar refractivity (Wildman–Crippen MR) is 149 cm³/mol. The van der Waals surface area contributed by atoms with E-state index in [1.54, 1.807) is 4.68 Å². The Kier molecular flexibility index (Phi) is 5.29. The molecule has 0 radical (unpaired) electrons. The summed E-state index contributed by atoms with van der Waals surface area (Å²) in [6.45, 7) is 8.10. The Morgan fingerprint density at radius 1 is 0.975 bits per heavy atom. The van der Waals surface area contributed by atoms with Gasteiger partial charge in [0.25, 0.3) is 0 Å². The summed E-state index contributed by atoms with van der Waals surface area (Å²) < 4.78 is 10.7. The van der Waals surface area contributed by atoms with Gasteiger partial charge in [0.1, 0.15) is 12.4 Å². The van der Waals surface area contributed by atoms with Gasteiger partial charge in [0.2, 0.25) is 0 Å². The first-order valence-corrected chi connectivity index (χ1v) is 14.9. The first kappa shape index (κ1) is 25.8. The van der Waals surface area contributed by atoms with Gasteiger partial charge in [0.05, 0.1) is 16.8 Å². The Morgan fingerprint density at radius 2 is 1.70 bits per heavy atom. The van der Waals surface area contributed by atoms with E-state index < -0.39 is 11.1 Å². The summed E-state index contributed by atoms with van der Waals surface area (Å²) in [6.07, 6.45) is 11.0. The molecule has 6 aliphatic rings. The van der Waals surface area contributed by atoms with Crippen LogP contribution in [0.2, 0.25) is 0 Å². The normalized spacial score (nSPS) is 41.4. The molecule has 8 nitrogen and oxygen atoms in total. The van der Waals surface area contributed by atoms with Gasteiger partial charge in [-0.1, -0.05) is 51.1 Å². The Balaban J connectivity index is 1.53. The van der Waals surface area contributed by atoms with Crippen LogP contribution >= 0.6 is 0 Å². The number of fused-ring (bicyclic) bond motifs is 1. The fourth-order valence-corrected chi connectivity index (χ4v) is 10.7. The number of ether oxygens (including phenoxy) is 1. The summed E-state index contributed by atoms with van der Waals surface area (Å²) in [4.78, 5) is 53.1. The van der Waals surface area contributed by atoms with E-state index in [1.807, 2.05) is 41.9 Å². The smallest absolute Gasteiger partial charge is 0.352 e. The van der Waals surface area contributed by atoms with Crippen molar-refractivity contribution in [3.63, 3.8) is 0 Å². The van der Waals surface area contributed by atoms with E-state index in [-0.39, 0.29) is 58.0 Å². The lowest BCUT2D eigenvalue weighted by molar-refractivity contribution is -0.204. The topological polar surface area (TPSA) is 92.3 Å². The second-order valence-corrected chi connectivity index (χ2v) is 13.7. The standard InChI is InChI=1S/C32H39N3O5/c1-20(19-36)24-10-11-25-29(24,3)14-13-26-30(4)15-12-23(40-21(2)37)18-31(30)16-17-32(25,26)35-28(39)33(27(38)34(31)35)22-8-6-5-7-9-22/h5-9,16-17,19-20,23-26H,10-15,18H2,1-4H3/t20-,23+,24-,25-,26-,29-,30-,31-,32+/m1/s1. The quantitative estimate of drug-likeness (QED) is 0.327. The Morgan fingerprint density at radius 3 is 2.40 bits per heavy atom. The van der Waals surface area contributed by atoms with Gasteiger partial charge in [-0.3, -0.25) is 4.79 Å². The van der Waals surface area contributed by atoms with E-state index in [1.165, 1.54) is 11.5 Å². The van der Waals surface area contributed by atoms with E-state index in [2.05, 4.69) is 26.0 Å². The van der Waals surface area contributed by atoms with E-state index >= 15 is 0 Å². The number of aromatic nitrogens is 3. The predicted octanol–water partition coefficient (Wildman–Crippen LogP) is 4.17. The number of rotatable bonds is 4. The van der Waals surface area contributed by atoms with Crippen LogP contribution in [0.15, 0.2) is 52.1 Å². The monoisotopic (exact) mass is 545 g/mol. The van der Waals surface area contributed by atoms with Crippen molar-refractivity contribution >= 4 is 12.3 Å². The van der Waals surface area contributed by atoms with Crippen molar-refractivity contribution in [2.24, 2.45) is 34.5 Å². The fourth-order valence-electron chi connectivity index (χ4n) is 10.7. The summed E-state index contributed by atoms with van der Waals surface area (Å²) >= 11 is 0. The zero-order chi connectivity index (χ0) is 28.2. The second-order valence-electron chi connectivity index (χ2n) is 13.7. The number of hydrogen-bond acceptors (Lipinski definition) is 5. The average Bonchev–Trinajstić information content (AvgIpc) is 3.43. The van der Waals surface area contributed by atoms with Crippen molar-refractivity contribution < 1.29 is 14.3 Å². The number of benzene rings is 1. The molecular formula is C32H39N3O5. The van der Waals surface area contributed by atoms with Crippen molar-refractivity contribution in [2.45, 2.75) is 89.8 Å². The number of allylic oxidation sites excluding steroid dienone is 2. The summed E-state index contributed by atoms with van der Waals surface area (Å²) in [6, 6.07) is 9.18. The van der Waals surface area contributed by atoms with Crippen LogP contribution in [0, 0.1) is 34.5 Å². The summed E-state index contributed by atoms with van der Waals surface area (Å²) in [5.41, 5.74) is -1.95. The zero-order valence-corrected chi connectivity index (χ0v) is 23.8.